The van der Waals surface area contributed by atoms with Gasteiger partial charge in [0.25, 0.3) is 5.91 Å². The Balaban J connectivity index is 1.72. The summed E-state index contributed by atoms with van der Waals surface area (Å²) in [5.74, 6) is -0.418. The van der Waals surface area contributed by atoms with Crippen molar-refractivity contribution < 1.29 is 4.79 Å². The van der Waals surface area contributed by atoms with Crippen molar-refractivity contribution >= 4 is 29.0 Å². The summed E-state index contributed by atoms with van der Waals surface area (Å²) < 4.78 is 0. The molecule has 0 aliphatic rings. The number of rotatable bonds is 5. The molecule has 1 amide bonds. The molecule has 2 N–H and O–H groups in total. The normalized spacial score (nSPS) is 10.7. The second-order valence-electron chi connectivity index (χ2n) is 6.05. The van der Waals surface area contributed by atoms with Crippen LogP contribution in [0.1, 0.15) is 11.1 Å². The van der Waals surface area contributed by atoms with Gasteiger partial charge in [-0.1, -0.05) is 48.5 Å². The number of nitriles is 1. The van der Waals surface area contributed by atoms with Gasteiger partial charge < -0.3 is 10.6 Å². The van der Waals surface area contributed by atoms with E-state index >= 15 is 0 Å². The van der Waals surface area contributed by atoms with E-state index in [1.54, 1.807) is 6.08 Å². The number of anilines is 3. The fraction of sp³-hybridized carbons (Fsp3) is 0.0435. The Morgan fingerprint density at radius 1 is 0.889 bits per heavy atom. The Labute approximate surface area is 158 Å². The zero-order valence-corrected chi connectivity index (χ0v) is 14.9. The second-order valence-corrected chi connectivity index (χ2v) is 6.05. The molecular weight excluding hydrogens is 334 g/mol. The van der Waals surface area contributed by atoms with Crippen LogP contribution in [0, 0.1) is 18.3 Å². The molecule has 0 aliphatic heterocycles. The first-order valence-corrected chi connectivity index (χ1v) is 8.56. The molecule has 3 aromatic rings. The van der Waals surface area contributed by atoms with Crippen molar-refractivity contribution in [2.75, 3.05) is 10.6 Å². The molecule has 0 fully saturated rings. The standard InChI is InChI=1S/C23H19N3O/c1-17-7-5-6-10-22(17)26-23(27)19(16-24)15-18-11-13-21(14-12-18)25-20-8-3-2-4-9-20/h2-15,25H,1H3,(H,26,27)/b19-15+. The number of carbonyl (C=O) groups excluding carboxylic acids is 1. The van der Waals surface area contributed by atoms with Crippen molar-refractivity contribution in [3.63, 3.8) is 0 Å². The van der Waals surface area contributed by atoms with Gasteiger partial charge in [-0.05, 0) is 54.5 Å². The number of aryl methyl sites for hydroxylation is 1. The highest BCUT2D eigenvalue weighted by Crippen LogP contribution is 2.19. The minimum absolute atomic E-state index is 0.0574. The summed E-state index contributed by atoms with van der Waals surface area (Å²) in [7, 11) is 0. The molecule has 27 heavy (non-hydrogen) atoms. The third-order valence-corrected chi connectivity index (χ3v) is 4.04. The molecule has 0 spiro atoms. The Morgan fingerprint density at radius 2 is 1.52 bits per heavy atom. The van der Waals surface area contributed by atoms with Gasteiger partial charge in [0.1, 0.15) is 11.6 Å². The van der Waals surface area contributed by atoms with Crippen LogP contribution in [0.25, 0.3) is 6.08 Å². The highest BCUT2D eigenvalue weighted by Gasteiger charge is 2.10. The van der Waals surface area contributed by atoms with Crippen LogP contribution in [0.3, 0.4) is 0 Å². The highest BCUT2D eigenvalue weighted by atomic mass is 16.1. The van der Waals surface area contributed by atoms with E-state index in [0.717, 1.165) is 22.5 Å². The first-order chi connectivity index (χ1) is 13.2. The van der Waals surface area contributed by atoms with Gasteiger partial charge in [0.05, 0.1) is 0 Å². The minimum Gasteiger partial charge on any atom is -0.356 e. The van der Waals surface area contributed by atoms with Gasteiger partial charge >= 0.3 is 0 Å². The second kappa shape index (κ2) is 8.50. The molecule has 0 saturated heterocycles. The third-order valence-electron chi connectivity index (χ3n) is 4.04. The van der Waals surface area contributed by atoms with Gasteiger partial charge in [0.2, 0.25) is 0 Å². The van der Waals surface area contributed by atoms with Crippen molar-refractivity contribution in [3.05, 3.63) is 95.6 Å². The maximum atomic E-state index is 12.4. The van der Waals surface area contributed by atoms with E-state index in [2.05, 4.69) is 10.6 Å². The molecule has 0 atom stereocenters. The fourth-order valence-corrected chi connectivity index (χ4v) is 2.57. The Kier molecular flexibility index (Phi) is 5.66. The Hall–Kier alpha value is -3.84. The molecule has 4 heteroatoms. The summed E-state index contributed by atoms with van der Waals surface area (Å²) in [6, 6.07) is 26.8. The molecule has 3 aromatic carbocycles. The van der Waals surface area contributed by atoms with Crippen LogP contribution in [-0.2, 0) is 4.79 Å². The van der Waals surface area contributed by atoms with E-state index in [9.17, 15) is 10.1 Å². The smallest absolute Gasteiger partial charge is 0.266 e. The molecule has 0 radical (unpaired) electrons. The van der Waals surface area contributed by atoms with Crippen LogP contribution >= 0.6 is 0 Å². The number of benzene rings is 3. The molecule has 0 bridgehead atoms. The van der Waals surface area contributed by atoms with E-state index in [1.807, 2.05) is 91.9 Å². The zero-order valence-electron chi connectivity index (χ0n) is 14.9. The predicted octanol–water partition coefficient (Wildman–Crippen LogP) is 5.28. The Bertz CT molecular complexity index is 1000. The molecule has 4 nitrogen and oxygen atoms in total. The summed E-state index contributed by atoms with van der Waals surface area (Å²) in [6.45, 7) is 1.91. The van der Waals surface area contributed by atoms with E-state index in [-0.39, 0.29) is 5.57 Å². The average Bonchev–Trinajstić information content (AvgIpc) is 2.70. The van der Waals surface area contributed by atoms with Crippen LogP contribution in [0.4, 0.5) is 17.1 Å². The van der Waals surface area contributed by atoms with E-state index in [4.69, 9.17) is 0 Å². The first-order valence-electron chi connectivity index (χ1n) is 8.56. The van der Waals surface area contributed by atoms with E-state index in [0.29, 0.717) is 5.69 Å². The first kappa shape index (κ1) is 18.0. The van der Waals surface area contributed by atoms with E-state index in [1.165, 1.54) is 0 Å². The number of hydrogen-bond acceptors (Lipinski definition) is 3. The molecule has 0 heterocycles. The van der Waals surface area contributed by atoms with Gasteiger partial charge in [-0.15, -0.1) is 0 Å². The lowest BCUT2D eigenvalue weighted by Gasteiger charge is -2.08. The maximum absolute atomic E-state index is 12.4. The van der Waals surface area contributed by atoms with Crippen LogP contribution in [0.15, 0.2) is 84.4 Å². The lowest BCUT2D eigenvalue weighted by Crippen LogP contribution is -2.14. The topological polar surface area (TPSA) is 64.9 Å². The van der Waals surface area contributed by atoms with Gasteiger partial charge in [-0.3, -0.25) is 4.79 Å². The van der Waals surface area contributed by atoms with Crippen LogP contribution in [0.5, 0.6) is 0 Å². The Morgan fingerprint density at radius 3 is 2.19 bits per heavy atom. The number of para-hydroxylation sites is 2. The summed E-state index contributed by atoms with van der Waals surface area (Å²) in [5.41, 5.74) is 4.41. The number of hydrogen-bond donors (Lipinski definition) is 2. The lowest BCUT2D eigenvalue weighted by atomic mass is 10.1. The number of carbonyl (C=O) groups is 1. The van der Waals surface area contributed by atoms with Crippen molar-refractivity contribution in [2.24, 2.45) is 0 Å². The largest absolute Gasteiger partial charge is 0.356 e. The summed E-state index contributed by atoms with van der Waals surface area (Å²) >= 11 is 0. The SMILES string of the molecule is Cc1ccccc1NC(=O)/C(C#N)=C/c1ccc(Nc2ccccc2)cc1. The molecular formula is C23H19N3O. The third kappa shape index (κ3) is 4.83. The molecule has 3 rings (SSSR count). The number of nitrogens with one attached hydrogen (secondary N) is 2. The molecule has 0 aliphatic carbocycles. The summed E-state index contributed by atoms with van der Waals surface area (Å²) in [4.78, 5) is 12.4. The monoisotopic (exact) mass is 353 g/mol. The molecule has 132 valence electrons. The maximum Gasteiger partial charge on any atom is 0.266 e. The van der Waals surface area contributed by atoms with Crippen LogP contribution in [0.2, 0.25) is 0 Å². The fourth-order valence-electron chi connectivity index (χ4n) is 2.57. The van der Waals surface area contributed by atoms with Gasteiger partial charge in [0, 0.05) is 17.1 Å². The average molecular weight is 353 g/mol. The lowest BCUT2D eigenvalue weighted by molar-refractivity contribution is -0.112. The van der Waals surface area contributed by atoms with Crippen molar-refractivity contribution in [2.45, 2.75) is 6.92 Å². The van der Waals surface area contributed by atoms with Crippen molar-refractivity contribution in [1.29, 1.82) is 5.26 Å². The van der Waals surface area contributed by atoms with Gasteiger partial charge in [0.15, 0.2) is 0 Å². The predicted molar refractivity (Wildman–Crippen MR) is 110 cm³/mol. The number of amides is 1. The van der Waals surface area contributed by atoms with Crippen LogP contribution in [-0.4, -0.2) is 5.91 Å². The minimum atomic E-state index is -0.418. The van der Waals surface area contributed by atoms with Crippen LogP contribution < -0.4 is 10.6 Å². The van der Waals surface area contributed by atoms with Crippen molar-refractivity contribution in [1.82, 2.24) is 0 Å². The quantitative estimate of drug-likeness (QED) is 0.484. The van der Waals surface area contributed by atoms with Crippen molar-refractivity contribution in [3.8, 4) is 6.07 Å². The van der Waals surface area contributed by atoms with Gasteiger partial charge in [-0.25, -0.2) is 0 Å². The molecule has 0 saturated carbocycles. The van der Waals surface area contributed by atoms with E-state index < -0.39 is 5.91 Å². The number of nitrogens with zero attached hydrogens (tertiary/aromatic N) is 1. The van der Waals surface area contributed by atoms with Gasteiger partial charge in [-0.2, -0.15) is 5.26 Å². The summed E-state index contributed by atoms with van der Waals surface area (Å²) in [5, 5.41) is 15.4. The highest BCUT2D eigenvalue weighted by molar-refractivity contribution is 6.09. The zero-order chi connectivity index (χ0) is 19.1. The summed E-state index contributed by atoms with van der Waals surface area (Å²) in [6.07, 6.45) is 1.58. The molecule has 0 unspecified atom stereocenters. The molecule has 0 aromatic heterocycles.